The van der Waals surface area contributed by atoms with Crippen LogP contribution in [0.5, 0.6) is 0 Å². The van der Waals surface area contributed by atoms with Crippen LogP contribution in [0.3, 0.4) is 0 Å². The average molecular weight is 358 g/mol. The summed E-state index contributed by atoms with van der Waals surface area (Å²) in [5.74, 6) is 0. The summed E-state index contributed by atoms with van der Waals surface area (Å²) >= 11 is 0. The summed E-state index contributed by atoms with van der Waals surface area (Å²) in [5.41, 5.74) is 1.27. The molecule has 25 heavy (non-hydrogen) atoms. The SMILES string of the molecule is CN(CCC#N)S(=O)(=O)c1cn(C2CCCC2)nc1-c1ccccc1. The number of rotatable bonds is 6. The van der Waals surface area contributed by atoms with Crippen LogP contribution in [0.2, 0.25) is 0 Å². The van der Waals surface area contributed by atoms with Crippen LogP contribution in [0.25, 0.3) is 11.3 Å². The number of hydrogen-bond acceptors (Lipinski definition) is 4. The third-order valence-corrected chi connectivity index (χ3v) is 6.53. The molecule has 1 fully saturated rings. The Labute approximate surface area is 148 Å². The number of nitrogens with zero attached hydrogens (tertiary/aromatic N) is 4. The quantitative estimate of drug-likeness (QED) is 0.794. The molecule has 1 aromatic carbocycles. The molecule has 3 rings (SSSR count). The summed E-state index contributed by atoms with van der Waals surface area (Å²) < 4.78 is 29.1. The fraction of sp³-hybridized carbons (Fsp3) is 0.444. The van der Waals surface area contributed by atoms with E-state index in [1.54, 1.807) is 6.20 Å². The summed E-state index contributed by atoms with van der Waals surface area (Å²) in [6, 6.07) is 11.6. The third-order valence-electron chi connectivity index (χ3n) is 4.67. The molecule has 2 aromatic rings. The smallest absolute Gasteiger partial charge is 0.246 e. The van der Waals surface area contributed by atoms with Crippen LogP contribution in [0.15, 0.2) is 41.4 Å². The Kier molecular flexibility index (Phi) is 5.21. The highest BCUT2D eigenvalue weighted by Crippen LogP contribution is 2.34. The van der Waals surface area contributed by atoms with Crippen molar-refractivity contribution in [3.05, 3.63) is 36.5 Å². The highest BCUT2D eigenvalue weighted by atomic mass is 32.2. The Morgan fingerprint density at radius 2 is 1.96 bits per heavy atom. The zero-order chi connectivity index (χ0) is 17.9. The van der Waals surface area contributed by atoms with Crippen molar-refractivity contribution in [2.45, 2.75) is 43.0 Å². The summed E-state index contributed by atoms with van der Waals surface area (Å²) in [7, 11) is -2.19. The van der Waals surface area contributed by atoms with Gasteiger partial charge in [-0.05, 0) is 12.8 Å². The molecule has 0 amide bonds. The van der Waals surface area contributed by atoms with Crippen LogP contribution in [-0.4, -0.2) is 36.1 Å². The van der Waals surface area contributed by atoms with E-state index in [0.29, 0.717) is 5.69 Å². The van der Waals surface area contributed by atoms with E-state index in [4.69, 9.17) is 5.26 Å². The molecule has 0 aliphatic heterocycles. The van der Waals surface area contributed by atoms with Gasteiger partial charge in [-0.2, -0.15) is 14.7 Å². The molecule has 6 nitrogen and oxygen atoms in total. The minimum atomic E-state index is -3.70. The van der Waals surface area contributed by atoms with Gasteiger partial charge >= 0.3 is 0 Å². The zero-order valence-corrected chi connectivity index (χ0v) is 15.1. The van der Waals surface area contributed by atoms with E-state index < -0.39 is 10.0 Å². The Hall–Kier alpha value is -2.17. The number of nitriles is 1. The van der Waals surface area contributed by atoms with Gasteiger partial charge in [0.15, 0.2) is 0 Å². The summed E-state index contributed by atoms with van der Waals surface area (Å²) in [6.45, 7) is 0.168. The van der Waals surface area contributed by atoms with E-state index in [0.717, 1.165) is 31.2 Å². The highest BCUT2D eigenvalue weighted by molar-refractivity contribution is 7.89. The molecule has 0 bridgehead atoms. The first-order valence-corrected chi connectivity index (χ1v) is 9.96. The van der Waals surface area contributed by atoms with Gasteiger partial charge in [0.1, 0.15) is 10.6 Å². The van der Waals surface area contributed by atoms with Crippen molar-refractivity contribution in [3.8, 4) is 17.3 Å². The second-order valence-electron chi connectivity index (χ2n) is 6.36. The van der Waals surface area contributed by atoms with Gasteiger partial charge < -0.3 is 0 Å². The Bertz CT molecular complexity index is 862. The van der Waals surface area contributed by atoms with Crippen molar-refractivity contribution in [2.24, 2.45) is 0 Å². The second kappa shape index (κ2) is 7.38. The predicted molar refractivity (Wildman–Crippen MR) is 95.2 cm³/mol. The van der Waals surface area contributed by atoms with E-state index in [1.807, 2.05) is 41.1 Å². The van der Waals surface area contributed by atoms with Gasteiger partial charge in [-0.15, -0.1) is 0 Å². The van der Waals surface area contributed by atoms with E-state index in [-0.39, 0.29) is 23.9 Å². The average Bonchev–Trinajstić information content (AvgIpc) is 3.29. The normalized spacial score (nSPS) is 15.6. The van der Waals surface area contributed by atoms with Gasteiger partial charge in [-0.25, -0.2) is 8.42 Å². The van der Waals surface area contributed by atoms with Crippen LogP contribution < -0.4 is 0 Å². The minimum absolute atomic E-state index is 0.160. The fourth-order valence-electron chi connectivity index (χ4n) is 3.21. The first-order chi connectivity index (χ1) is 12.0. The van der Waals surface area contributed by atoms with Crippen LogP contribution >= 0.6 is 0 Å². The van der Waals surface area contributed by atoms with Crippen molar-refractivity contribution in [3.63, 3.8) is 0 Å². The molecule has 0 N–H and O–H groups in total. The van der Waals surface area contributed by atoms with Crippen LogP contribution in [0.1, 0.15) is 38.1 Å². The minimum Gasteiger partial charge on any atom is -0.268 e. The molecule has 1 aliphatic carbocycles. The number of hydrogen-bond donors (Lipinski definition) is 0. The van der Waals surface area contributed by atoms with Crippen molar-refractivity contribution in [1.29, 1.82) is 5.26 Å². The van der Waals surface area contributed by atoms with Crippen molar-refractivity contribution in [1.82, 2.24) is 14.1 Å². The summed E-state index contributed by atoms with van der Waals surface area (Å²) in [4.78, 5) is 0.214. The molecule has 0 radical (unpaired) electrons. The van der Waals surface area contributed by atoms with Crippen LogP contribution in [0.4, 0.5) is 0 Å². The van der Waals surface area contributed by atoms with Crippen molar-refractivity contribution in [2.75, 3.05) is 13.6 Å². The molecule has 0 saturated heterocycles. The Morgan fingerprint density at radius 1 is 1.28 bits per heavy atom. The van der Waals surface area contributed by atoms with Gasteiger partial charge in [0, 0.05) is 31.8 Å². The second-order valence-corrected chi connectivity index (χ2v) is 8.37. The molecular formula is C18H22N4O2S. The summed E-state index contributed by atoms with van der Waals surface area (Å²) in [5, 5.41) is 13.4. The topological polar surface area (TPSA) is 79.0 Å². The maximum Gasteiger partial charge on any atom is 0.246 e. The molecule has 0 spiro atoms. The van der Waals surface area contributed by atoms with Gasteiger partial charge in [0.05, 0.1) is 12.1 Å². The fourth-order valence-corrected chi connectivity index (χ4v) is 4.52. The standard InChI is InChI=1S/C18H22N4O2S/c1-21(13-7-12-19)25(23,24)17-14-22(16-10-5-6-11-16)20-18(17)15-8-3-2-4-9-15/h2-4,8-9,14,16H,5-7,10-11,13H2,1H3. The first kappa shape index (κ1) is 17.6. The number of sulfonamides is 1. The molecular weight excluding hydrogens is 336 g/mol. The van der Waals surface area contributed by atoms with E-state index in [1.165, 1.54) is 11.4 Å². The molecule has 0 atom stereocenters. The van der Waals surface area contributed by atoms with Gasteiger partial charge in [0.25, 0.3) is 0 Å². The van der Waals surface area contributed by atoms with E-state index >= 15 is 0 Å². The van der Waals surface area contributed by atoms with Gasteiger partial charge in [-0.1, -0.05) is 43.2 Å². The third kappa shape index (κ3) is 3.60. The van der Waals surface area contributed by atoms with Gasteiger partial charge in [0.2, 0.25) is 10.0 Å². The molecule has 132 valence electrons. The zero-order valence-electron chi connectivity index (χ0n) is 14.3. The largest absolute Gasteiger partial charge is 0.268 e. The van der Waals surface area contributed by atoms with Gasteiger partial charge in [-0.3, -0.25) is 4.68 Å². The number of benzene rings is 1. The molecule has 1 heterocycles. The highest BCUT2D eigenvalue weighted by Gasteiger charge is 2.29. The Balaban J connectivity index is 2.06. The summed E-state index contributed by atoms with van der Waals surface area (Å²) in [6.07, 6.45) is 6.17. The molecule has 7 heteroatoms. The van der Waals surface area contributed by atoms with Crippen molar-refractivity contribution >= 4 is 10.0 Å². The molecule has 0 unspecified atom stereocenters. The maximum absolute atomic E-state index is 13.0. The lowest BCUT2D eigenvalue weighted by Crippen LogP contribution is -2.28. The van der Waals surface area contributed by atoms with Crippen molar-refractivity contribution < 1.29 is 8.42 Å². The molecule has 1 aliphatic rings. The van der Waals surface area contributed by atoms with Crippen LogP contribution in [-0.2, 0) is 10.0 Å². The Morgan fingerprint density at radius 3 is 2.60 bits per heavy atom. The first-order valence-electron chi connectivity index (χ1n) is 8.52. The maximum atomic E-state index is 13.0. The lowest BCUT2D eigenvalue weighted by atomic mass is 10.2. The van der Waals surface area contributed by atoms with E-state index in [9.17, 15) is 8.42 Å². The lowest BCUT2D eigenvalue weighted by molar-refractivity contribution is 0.463. The molecule has 1 saturated carbocycles. The number of aromatic nitrogens is 2. The van der Waals surface area contributed by atoms with Crippen LogP contribution in [0, 0.1) is 11.3 Å². The van der Waals surface area contributed by atoms with E-state index in [2.05, 4.69) is 5.10 Å². The lowest BCUT2D eigenvalue weighted by Gasteiger charge is -2.15. The molecule has 1 aromatic heterocycles. The monoisotopic (exact) mass is 358 g/mol. The predicted octanol–water partition coefficient (Wildman–Crippen LogP) is 3.20.